The van der Waals surface area contributed by atoms with Crippen molar-refractivity contribution in [1.82, 2.24) is 9.80 Å². The van der Waals surface area contributed by atoms with Crippen LogP contribution in [0.2, 0.25) is 0 Å². The number of hydrogen-bond acceptors (Lipinski definition) is 4. The number of aliphatic hydroxyl groups is 2. The molecule has 2 rings (SSSR count). The van der Waals surface area contributed by atoms with Gasteiger partial charge in [0, 0.05) is 44.8 Å². The van der Waals surface area contributed by atoms with E-state index < -0.39 is 17.7 Å². The molecule has 4 nitrogen and oxygen atoms in total. The maximum Gasteiger partial charge on any atom is 0.129 e. The van der Waals surface area contributed by atoms with Crippen molar-refractivity contribution in [1.29, 1.82) is 0 Å². The van der Waals surface area contributed by atoms with E-state index >= 15 is 0 Å². The second-order valence-corrected chi connectivity index (χ2v) is 5.63. The monoisotopic (exact) mass is 300 g/mol. The number of aliphatic hydroxyl groups excluding tert-OH is 2. The normalized spacial score (nSPS) is 20.4. The summed E-state index contributed by atoms with van der Waals surface area (Å²) in [6.07, 6.45) is -1.40. The van der Waals surface area contributed by atoms with Crippen molar-refractivity contribution in [3.8, 4) is 0 Å². The van der Waals surface area contributed by atoms with Crippen molar-refractivity contribution in [3.63, 3.8) is 0 Å². The van der Waals surface area contributed by atoms with E-state index in [-0.39, 0.29) is 18.2 Å². The number of rotatable bonds is 5. The average Bonchev–Trinajstić information content (AvgIpc) is 2.43. The van der Waals surface area contributed by atoms with Crippen LogP contribution >= 0.6 is 0 Å². The predicted octanol–water partition coefficient (Wildman–Crippen LogP) is 0.997. The van der Waals surface area contributed by atoms with Crippen molar-refractivity contribution in [3.05, 3.63) is 35.4 Å². The first-order chi connectivity index (χ1) is 9.95. The van der Waals surface area contributed by atoms with Gasteiger partial charge in [0.15, 0.2) is 0 Å². The van der Waals surface area contributed by atoms with E-state index in [1.165, 1.54) is 0 Å². The molecule has 0 spiro atoms. The lowest BCUT2D eigenvalue weighted by Gasteiger charge is -2.36. The SMILES string of the molecule is CC(O)CN1CCN(CC(O)c2cc(F)ccc2F)CC1. The molecule has 0 saturated carbocycles. The quantitative estimate of drug-likeness (QED) is 0.851. The van der Waals surface area contributed by atoms with Gasteiger partial charge < -0.3 is 10.2 Å². The molecule has 0 radical (unpaired) electrons. The van der Waals surface area contributed by atoms with Gasteiger partial charge in [-0.05, 0) is 25.1 Å². The van der Waals surface area contributed by atoms with Crippen molar-refractivity contribution in [2.45, 2.75) is 19.1 Å². The molecular formula is C15H22F2N2O2. The topological polar surface area (TPSA) is 46.9 Å². The molecule has 1 aliphatic heterocycles. The summed E-state index contributed by atoms with van der Waals surface area (Å²) in [5.41, 5.74) is 0.00131. The molecular weight excluding hydrogens is 278 g/mol. The second kappa shape index (κ2) is 7.26. The first kappa shape index (κ1) is 16.3. The summed E-state index contributed by atoms with van der Waals surface area (Å²) in [4.78, 5) is 4.17. The first-order valence-corrected chi connectivity index (χ1v) is 7.21. The van der Waals surface area contributed by atoms with E-state index in [9.17, 15) is 19.0 Å². The van der Waals surface area contributed by atoms with Gasteiger partial charge >= 0.3 is 0 Å². The van der Waals surface area contributed by atoms with Crippen LogP contribution in [0.5, 0.6) is 0 Å². The molecule has 21 heavy (non-hydrogen) atoms. The highest BCUT2D eigenvalue weighted by atomic mass is 19.1. The molecule has 118 valence electrons. The Balaban J connectivity index is 1.87. The molecule has 2 N–H and O–H groups in total. The van der Waals surface area contributed by atoms with E-state index in [1.54, 1.807) is 6.92 Å². The van der Waals surface area contributed by atoms with Crippen LogP contribution in [-0.4, -0.2) is 65.4 Å². The zero-order valence-corrected chi connectivity index (χ0v) is 12.2. The number of hydrogen-bond donors (Lipinski definition) is 2. The second-order valence-electron chi connectivity index (χ2n) is 5.63. The minimum Gasteiger partial charge on any atom is -0.392 e. The Hall–Kier alpha value is -1.08. The van der Waals surface area contributed by atoms with Crippen LogP contribution in [0.4, 0.5) is 8.78 Å². The maximum atomic E-state index is 13.6. The fourth-order valence-corrected chi connectivity index (χ4v) is 2.64. The number of β-amino-alcohol motifs (C(OH)–C–C–N with tert-alkyl or cyclic N) is 2. The van der Waals surface area contributed by atoms with Gasteiger partial charge in [0.1, 0.15) is 11.6 Å². The van der Waals surface area contributed by atoms with Crippen LogP contribution in [0.3, 0.4) is 0 Å². The maximum absolute atomic E-state index is 13.6. The molecule has 0 bridgehead atoms. The first-order valence-electron chi connectivity index (χ1n) is 7.21. The van der Waals surface area contributed by atoms with Crippen molar-refractivity contribution < 1.29 is 19.0 Å². The number of benzene rings is 1. The van der Waals surface area contributed by atoms with Crippen molar-refractivity contribution in [2.75, 3.05) is 39.3 Å². The number of halogens is 2. The zero-order chi connectivity index (χ0) is 15.4. The van der Waals surface area contributed by atoms with E-state index in [4.69, 9.17) is 0 Å². The molecule has 1 aromatic rings. The Morgan fingerprint density at radius 1 is 1.05 bits per heavy atom. The molecule has 0 aromatic heterocycles. The Morgan fingerprint density at radius 2 is 1.62 bits per heavy atom. The van der Waals surface area contributed by atoms with Gasteiger partial charge in [0.2, 0.25) is 0 Å². The lowest BCUT2D eigenvalue weighted by atomic mass is 10.1. The smallest absolute Gasteiger partial charge is 0.129 e. The van der Waals surface area contributed by atoms with Crippen molar-refractivity contribution in [2.24, 2.45) is 0 Å². The van der Waals surface area contributed by atoms with Gasteiger partial charge in [-0.1, -0.05) is 0 Å². The summed E-state index contributed by atoms with van der Waals surface area (Å²) >= 11 is 0. The summed E-state index contributed by atoms with van der Waals surface area (Å²) in [5.74, 6) is -1.14. The van der Waals surface area contributed by atoms with Gasteiger partial charge in [0.25, 0.3) is 0 Å². The highest BCUT2D eigenvalue weighted by Gasteiger charge is 2.22. The van der Waals surface area contributed by atoms with Gasteiger partial charge in [-0.25, -0.2) is 8.78 Å². The van der Waals surface area contributed by atoms with Crippen LogP contribution in [0.25, 0.3) is 0 Å². The van der Waals surface area contributed by atoms with Crippen LogP contribution in [0.1, 0.15) is 18.6 Å². The Bertz CT molecular complexity index is 463. The fraction of sp³-hybridized carbons (Fsp3) is 0.600. The molecule has 1 fully saturated rings. The molecule has 2 atom stereocenters. The third-order valence-corrected chi connectivity index (χ3v) is 3.74. The fourth-order valence-electron chi connectivity index (χ4n) is 2.64. The van der Waals surface area contributed by atoms with E-state index in [0.717, 1.165) is 44.4 Å². The number of nitrogens with zero attached hydrogens (tertiary/aromatic N) is 2. The van der Waals surface area contributed by atoms with E-state index in [0.29, 0.717) is 6.54 Å². The Morgan fingerprint density at radius 3 is 2.19 bits per heavy atom. The van der Waals surface area contributed by atoms with Crippen LogP contribution in [0.15, 0.2) is 18.2 Å². The van der Waals surface area contributed by atoms with Gasteiger partial charge in [-0.3, -0.25) is 9.80 Å². The predicted molar refractivity (Wildman–Crippen MR) is 75.9 cm³/mol. The van der Waals surface area contributed by atoms with Gasteiger partial charge in [0.05, 0.1) is 12.2 Å². The lowest BCUT2D eigenvalue weighted by Crippen LogP contribution is -2.49. The minimum atomic E-state index is -1.04. The standard InChI is InChI=1S/C15H22F2N2O2/c1-11(20)9-18-4-6-19(7-5-18)10-15(21)13-8-12(16)2-3-14(13)17/h2-3,8,11,15,20-21H,4-7,9-10H2,1H3. The molecule has 6 heteroatoms. The largest absolute Gasteiger partial charge is 0.392 e. The summed E-state index contributed by atoms with van der Waals surface area (Å²) in [6, 6.07) is 3.12. The van der Waals surface area contributed by atoms with Crippen LogP contribution < -0.4 is 0 Å². The van der Waals surface area contributed by atoms with Crippen molar-refractivity contribution >= 4 is 0 Å². The van der Waals surface area contributed by atoms with E-state index in [1.807, 2.05) is 4.90 Å². The molecule has 1 aromatic carbocycles. The molecule has 2 unspecified atom stereocenters. The molecule has 0 aliphatic carbocycles. The van der Waals surface area contributed by atoms with Gasteiger partial charge in [-0.2, -0.15) is 0 Å². The van der Waals surface area contributed by atoms with Crippen LogP contribution in [-0.2, 0) is 0 Å². The third-order valence-electron chi connectivity index (χ3n) is 3.74. The molecule has 1 heterocycles. The Labute approximate surface area is 123 Å². The highest BCUT2D eigenvalue weighted by molar-refractivity contribution is 5.21. The molecule has 0 amide bonds. The zero-order valence-electron chi connectivity index (χ0n) is 12.2. The molecule has 1 aliphatic rings. The summed E-state index contributed by atoms with van der Waals surface area (Å²) < 4.78 is 26.7. The number of piperazine rings is 1. The lowest BCUT2D eigenvalue weighted by molar-refractivity contribution is 0.0516. The Kier molecular flexibility index (Phi) is 5.64. The third kappa shape index (κ3) is 4.71. The molecule has 1 saturated heterocycles. The van der Waals surface area contributed by atoms with Gasteiger partial charge in [-0.15, -0.1) is 0 Å². The summed E-state index contributed by atoms with van der Waals surface area (Å²) in [7, 11) is 0. The average molecular weight is 300 g/mol. The summed E-state index contributed by atoms with van der Waals surface area (Å²) in [5, 5.41) is 19.4. The minimum absolute atomic E-state index is 0.00131. The van der Waals surface area contributed by atoms with E-state index in [2.05, 4.69) is 4.90 Å². The van der Waals surface area contributed by atoms with Crippen LogP contribution in [0, 0.1) is 11.6 Å². The summed E-state index contributed by atoms with van der Waals surface area (Å²) in [6.45, 7) is 5.73. The highest BCUT2D eigenvalue weighted by Crippen LogP contribution is 2.20.